The van der Waals surface area contributed by atoms with Gasteiger partial charge in [0, 0.05) is 6.92 Å². The summed E-state index contributed by atoms with van der Waals surface area (Å²) in [5, 5.41) is 61.5. The summed E-state index contributed by atoms with van der Waals surface area (Å²) in [5.74, 6) is -0.537. The van der Waals surface area contributed by atoms with E-state index in [0.717, 1.165) is 0 Å². The Hall–Kier alpha value is -0.890. The van der Waals surface area contributed by atoms with E-state index in [-0.39, 0.29) is 0 Å². The highest BCUT2D eigenvalue weighted by Gasteiger charge is 2.50. The largest absolute Gasteiger partial charge is 0.394 e. The van der Waals surface area contributed by atoms with Crippen molar-refractivity contribution in [3.05, 3.63) is 0 Å². The van der Waals surface area contributed by atoms with Crippen LogP contribution in [-0.2, 0) is 19.0 Å². The van der Waals surface area contributed by atoms with Crippen LogP contribution >= 0.6 is 0 Å². The molecule has 0 unspecified atom stereocenters. The molecule has 146 valence electrons. The van der Waals surface area contributed by atoms with Crippen molar-refractivity contribution < 1.29 is 49.6 Å². The minimum absolute atomic E-state index is 0.537. The normalized spacial score (nSPS) is 48.2. The van der Waals surface area contributed by atoms with E-state index in [1.165, 1.54) is 13.8 Å². The maximum Gasteiger partial charge on any atom is 0.217 e. The smallest absolute Gasteiger partial charge is 0.217 e. The van der Waals surface area contributed by atoms with Crippen molar-refractivity contribution in [3.63, 3.8) is 0 Å². The van der Waals surface area contributed by atoms with E-state index in [4.69, 9.17) is 14.2 Å². The lowest BCUT2D eigenvalue weighted by atomic mass is 9.95. The molecule has 11 heteroatoms. The zero-order chi connectivity index (χ0) is 18.9. The van der Waals surface area contributed by atoms with Gasteiger partial charge in [0.25, 0.3) is 0 Å². The van der Waals surface area contributed by atoms with E-state index < -0.39 is 73.9 Å². The maximum atomic E-state index is 11.3. The first kappa shape index (κ1) is 20.4. The fourth-order valence-electron chi connectivity index (χ4n) is 2.92. The van der Waals surface area contributed by atoms with Crippen molar-refractivity contribution >= 4 is 5.91 Å². The first-order chi connectivity index (χ1) is 11.7. The Morgan fingerprint density at radius 2 is 1.68 bits per heavy atom. The van der Waals surface area contributed by atoms with Crippen LogP contribution in [0.2, 0.25) is 0 Å². The monoisotopic (exact) mass is 367 g/mol. The second-order valence-corrected chi connectivity index (χ2v) is 6.25. The van der Waals surface area contributed by atoms with Gasteiger partial charge in [-0.3, -0.25) is 4.79 Å². The van der Waals surface area contributed by atoms with Crippen molar-refractivity contribution in [2.45, 2.75) is 75.2 Å². The molecule has 0 aliphatic carbocycles. The van der Waals surface area contributed by atoms with E-state index in [0.29, 0.717) is 0 Å². The van der Waals surface area contributed by atoms with Crippen LogP contribution in [0.3, 0.4) is 0 Å². The summed E-state index contributed by atoms with van der Waals surface area (Å²) in [6.07, 6.45) is -12.4. The van der Waals surface area contributed by atoms with Crippen LogP contribution in [0, 0.1) is 0 Å². The number of rotatable bonds is 4. The summed E-state index contributed by atoms with van der Waals surface area (Å²) >= 11 is 0. The minimum Gasteiger partial charge on any atom is -0.394 e. The molecular weight excluding hydrogens is 342 g/mol. The Morgan fingerprint density at radius 3 is 2.24 bits per heavy atom. The van der Waals surface area contributed by atoms with Crippen molar-refractivity contribution in [1.82, 2.24) is 5.32 Å². The number of hydrogen-bond acceptors (Lipinski definition) is 10. The molecule has 0 saturated carbocycles. The molecule has 25 heavy (non-hydrogen) atoms. The standard InChI is InChI=1S/C14H25NO10/c1-4-8(18)10(20)11(21)14(23-4)25-12-7(15-5(2)17)13(22)24-6(3-16)9(12)19/h4,6-14,16,18-22H,3H2,1-2H3,(H,15,17)/t4-,6+,7+,8+,9+,10+,11-,12+,13+,14-/m0/s1. The van der Waals surface area contributed by atoms with Crippen LogP contribution in [0.25, 0.3) is 0 Å². The number of aliphatic hydroxyl groups is 6. The number of carbonyl (C=O) groups is 1. The predicted octanol–water partition coefficient (Wildman–Crippen LogP) is -4.23. The summed E-state index contributed by atoms with van der Waals surface area (Å²) in [7, 11) is 0. The topological polar surface area (TPSA) is 178 Å². The fourth-order valence-corrected chi connectivity index (χ4v) is 2.92. The summed E-state index contributed by atoms with van der Waals surface area (Å²) < 4.78 is 15.8. The molecule has 0 aromatic heterocycles. The van der Waals surface area contributed by atoms with E-state index in [1.54, 1.807) is 0 Å². The van der Waals surface area contributed by atoms with Crippen molar-refractivity contribution in [2.75, 3.05) is 6.61 Å². The number of aliphatic hydroxyl groups excluding tert-OH is 6. The molecular formula is C14H25NO10. The van der Waals surface area contributed by atoms with Gasteiger partial charge in [0.15, 0.2) is 12.6 Å². The second-order valence-electron chi connectivity index (χ2n) is 6.25. The van der Waals surface area contributed by atoms with Crippen LogP contribution in [-0.4, -0.2) is 105 Å². The molecule has 7 N–H and O–H groups in total. The van der Waals surface area contributed by atoms with Crippen LogP contribution in [0.1, 0.15) is 13.8 Å². The third-order valence-electron chi connectivity index (χ3n) is 4.34. The average molecular weight is 367 g/mol. The molecule has 2 aliphatic rings. The van der Waals surface area contributed by atoms with Gasteiger partial charge in [0.2, 0.25) is 5.91 Å². The lowest BCUT2D eigenvalue weighted by molar-refractivity contribution is -0.337. The average Bonchev–Trinajstić information content (AvgIpc) is 2.56. The third kappa shape index (κ3) is 4.27. The van der Waals surface area contributed by atoms with Crippen LogP contribution < -0.4 is 5.32 Å². The fraction of sp³-hybridized carbons (Fsp3) is 0.929. The van der Waals surface area contributed by atoms with E-state index in [2.05, 4.69) is 5.32 Å². The minimum atomic E-state index is -1.64. The zero-order valence-electron chi connectivity index (χ0n) is 13.8. The number of nitrogens with one attached hydrogen (secondary N) is 1. The SMILES string of the molecule is CC(=O)N[C@@H]1[C@@H](O[C@@H]2O[C@@H](C)[C@@H](O)[C@@H](O)[C@@H]2O)[C@H](O)[C@@H](CO)O[C@H]1O. The zero-order valence-corrected chi connectivity index (χ0v) is 13.8. The Labute approximate surface area is 143 Å². The van der Waals surface area contributed by atoms with Crippen molar-refractivity contribution in [2.24, 2.45) is 0 Å². The lowest BCUT2D eigenvalue weighted by Crippen LogP contribution is -2.67. The van der Waals surface area contributed by atoms with Gasteiger partial charge in [-0.25, -0.2) is 0 Å². The van der Waals surface area contributed by atoms with E-state index in [1.807, 2.05) is 0 Å². The molecule has 2 aliphatic heterocycles. The molecule has 1 amide bonds. The third-order valence-corrected chi connectivity index (χ3v) is 4.34. The second kappa shape index (κ2) is 8.20. The molecule has 2 rings (SSSR count). The lowest BCUT2D eigenvalue weighted by Gasteiger charge is -2.46. The molecule has 0 bridgehead atoms. The van der Waals surface area contributed by atoms with Crippen LogP contribution in [0.4, 0.5) is 0 Å². The summed E-state index contributed by atoms with van der Waals surface area (Å²) in [5.41, 5.74) is 0. The van der Waals surface area contributed by atoms with Gasteiger partial charge in [0.05, 0.1) is 12.7 Å². The summed E-state index contributed by atoms with van der Waals surface area (Å²) in [6.45, 7) is 2.01. The van der Waals surface area contributed by atoms with E-state index in [9.17, 15) is 35.4 Å². The van der Waals surface area contributed by atoms with Gasteiger partial charge in [-0.1, -0.05) is 0 Å². The van der Waals surface area contributed by atoms with Crippen LogP contribution in [0.15, 0.2) is 0 Å². The summed E-state index contributed by atoms with van der Waals surface area (Å²) in [6, 6.07) is -1.22. The van der Waals surface area contributed by atoms with Gasteiger partial charge < -0.3 is 50.2 Å². The van der Waals surface area contributed by atoms with Gasteiger partial charge in [0.1, 0.15) is 42.7 Å². The molecule has 2 saturated heterocycles. The quantitative estimate of drug-likeness (QED) is 0.257. The number of ether oxygens (including phenoxy) is 3. The molecule has 2 fully saturated rings. The van der Waals surface area contributed by atoms with Gasteiger partial charge in [-0.05, 0) is 6.92 Å². The Balaban J connectivity index is 2.20. The highest BCUT2D eigenvalue weighted by Crippen LogP contribution is 2.28. The van der Waals surface area contributed by atoms with Crippen molar-refractivity contribution in [3.8, 4) is 0 Å². The van der Waals surface area contributed by atoms with Crippen LogP contribution in [0.5, 0.6) is 0 Å². The Kier molecular flexibility index (Phi) is 6.70. The van der Waals surface area contributed by atoms with Gasteiger partial charge in [-0.15, -0.1) is 0 Å². The molecule has 11 nitrogen and oxygen atoms in total. The first-order valence-electron chi connectivity index (χ1n) is 7.92. The van der Waals surface area contributed by atoms with E-state index >= 15 is 0 Å². The summed E-state index contributed by atoms with van der Waals surface area (Å²) in [4.78, 5) is 11.3. The highest BCUT2D eigenvalue weighted by atomic mass is 16.7. The molecule has 0 aromatic carbocycles. The number of carbonyl (C=O) groups excluding carboxylic acids is 1. The van der Waals surface area contributed by atoms with Gasteiger partial charge in [-0.2, -0.15) is 0 Å². The van der Waals surface area contributed by atoms with Gasteiger partial charge >= 0.3 is 0 Å². The highest BCUT2D eigenvalue weighted by molar-refractivity contribution is 5.73. The molecule has 2 heterocycles. The molecule has 0 aromatic rings. The molecule has 10 atom stereocenters. The predicted molar refractivity (Wildman–Crippen MR) is 78.8 cm³/mol. The van der Waals surface area contributed by atoms with Crippen molar-refractivity contribution in [1.29, 1.82) is 0 Å². The maximum absolute atomic E-state index is 11.3. The number of hydrogen-bond donors (Lipinski definition) is 7. The number of amides is 1. The molecule has 0 radical (unpaired) electrons. The molecule has 0 spiro atoms. The Morgan fingerprint density at radius 1 is 1.04 bits per heavy atom. The Bertz CT molecular complexity index is 465. The first-order valence-corrected chi connectivity index (χ1v) is 7.92.